The summed E-state index contributed by atoms with van der Waals surface area (Å²) in [5.41, 5.74) is 0.404. The molecule has 1 rings (SSSR count). The van der Waals surface area contributed by atoms with Gasteiger partial charge in [0.1, 0.15) is 0 Å². The minimum absolute atomic E-state index is 0. The van der Waals surface area contributed by atoms with Gasteiger partial charge in [-0.2, -0.15) is 0 Å². The Balaban J connectivity index is 0.00000441. The molecule has 1 aliphatic rings. The summed E-state index contributed by atoms with van der Waals surface area (Å²) in [6.45, 7) is 12.5. The summed E-state index contributed by atoms with van der Waals surface area (Å²) >= 11 is 0. The lowest BCUT2D eigenvalue weighted by Crippen LogP contribution is -2.50. The van der Waals surface area contributed by atoms with Gasteiger partial charge in [0, 0.05) is 33.1 Å². The lowest BCUT2D eigenvalue weighted by molar-refractivity contribution is -0.118. The van der Waals surface area contributed by atoms with Crippen LogP contribution in [0.3, 0.4) is 0 Å². The molecule has 0 aromatic heterocycles. The van der Waals surface area contributed by atoms with E-state index in [9.17, 15) is 4.79 Å². The van der Waals surface area contributed by atoms with Crippen molar-refractivity contribution in [2.24, 2.45) is 10.4 Å². The van der Waals surface area contributed by atoms with E-state index in [-0.39, 0.29) is 29.9 Å². The smallest absolute Gasteiger partial charge is 0.216 e. The Morgan fingerprint density at radius 2 is 2.05 bits per heavy atom. The van der Waals surface area contributed by atoms with Crippen LogP contribution in [-0.2, 0) is 4.79 Å². The van der Waals surface area contributed by atoms with Crippen LogP contribution in [0, 0.1) is 5.41 Å². The number of halogens is 1. The monoisotopic (exact) mass is 424 g/mol. The number of carbonyl (C=O) groups excluding carboxylic acids is 1. The van der Waals surface area contributed by atoms with Crippen LogP contribution >= 0.6 is 24.0 Å². The maximum absolute atomic E-state index is 10.9. The highest BCUT2D eigenvalue weighted by Gasteiger charge is 2.31. The Morgan fingerprint density at radius 1 is 1.32 bits per heavy atom. The Labute approximate surface area is 152 Å². The van der Waals surface area contributed by atoms with Gasteiger partial charge in [0.15, 0.2) is 5.96 Å². The number of rotatable bonds is 6. The fourth-order valence-electron chi connectivity index (χ4n) is 3.12. The third-order valence-corrected chi connectivity index (χ3v) is 4.02. The second-order valence-corrected chi connectivity index (χ2v) is 6.30. The van der Waals surface area contributed by atoms with Gasteiger partial charge in [-0.3, -0.25) is 9.79 Å². The van der Waals surface area contributed by atoms with E-state index < -0.39 is 0 Å². The molecule has 0 bridgehead atoms. The SMILES string of the molecule is CCCC1(C)CCCN(C(=NCCNC(C)=O)NCC)C1.I. The molecule has 5 nitrogen and oxygen atoms in total. The summed E-state index contributed by atoms with van der Waals surface area (Å²) in [6.07, 6.45) is 5.05. The zero-order valence-electron chi connectivity index (χ0n) is 14.6. The van der Waals surface area contributed by atoms with Crippen LogP contribution in [0.1, 0.15) is 53.4 Å². The highest BCUT2D eigenvalue weighted by Crippen LogP contribution is 2.33. The van der Waals surface area contributed by atoms with Gasteiger partial charge < -0.3 is 15.5 Å². The second-order valence-electron chi connectivity index (χ2n) is 6.30. The highest BCUT2D eigenvalue weighted by atomic mass is 127. The minimum atomic E-state index is 0. The third-order valence-electron chi connectivity index (χ3n) is 4.02. The lowest BCUT2D eigenvalue weighted by atomic mass is 9.78. The van der Waals surface area contributed by atoms with E-state index in [1.54, 1.807) is 0 Å². The average molecular weight is 424 g/mol. The van der Waals surface area contributed by atoms with Crippen molar-refractivity contribution in [1.82, 2.24) is 15.5 Å². The molecule has 0 radical (unpaired) electrons. The van der Waals surface area contributed by atoms with Crippen molar-refractivity contribution in [1.29, 1.82) is 0 Å². The topological polar surface area (TPSA) is 56.7 Å². The molecule has 130 valence electrons. The van der Waals surface area contributed by atoms with Crippen molar-refractivity contribution in [2.45, 2.75) is 53.4 Å². The Morgan fingerprint density at radius 3 is 2.64 bits per heavy atom. The summed E-state index contributed by atoms with van der Waals surface area (Å²) in [4.78, 5) is 17.9. The van der Waals surface area contributed by atoms with Crippen molar-refractivity contribution >= 4 is 35.8 Å². The molecule has 1 atom stereocenters. The number of guanidine groups is 1. The fraction of sp³-hybridized carbons (Fsp3) is 0.875. The molecular weight excluding hydrogens is 391 g/mol. The maximum atomic E-state index is 10.9. The van der Waals surface area contributed by atoms with E-state index >= 15 is 0 Å². The molecule has 1 amide bonds. The van der Waals surface area contributed by atoms with Gasteiger partial charge in [0.05, 0.1) is 6.54 Å². The first-order valence-corrected chi connectivity index (χ1v) is 8.28. The van der Waals surface area contributed by atoms with Crippen LogP contribution in [0.25, 0.3) is 0 Å². The van der Waals surface area contributed by atoms with E-state index in [1.165, 1.54) is 32.6 Å². The standard InChI is InChI=1S/C16H32N4O.HI/c1-5-8-16(4)9-7-12-20(13-16)15(17-6-2)19-11-10-18-14(3)21;/h5-13H2,1-4H3,(H,17,19)(H,18,21);1H. The van der Waals surface area contributed by atoms with Crippen molar-refractivity contribution in [2.75, 3.05) is 32.7 Å². The van der Waals surface area contributed by atoms with Gasteiger partial charge >= 0.3 is 0 Å². The van der Waals surface area contributed by atoms with E-state index in [0.717, 1.165) is 25.6 Å². The Bertz CT molecular complexity index is 358. The van der Waals surface area contributed by atoms with Crippen LogP contribution in [0.5, 0.6) is 0 Å². The molecule has 1 heterocycles. The first kappa shape index (κ1) is 21.5. The lowest BCUT2D eigenvalue weighted by Gasteiger charge is -2.42. The number of hydrogen-bond acceptors (Lipinski definition) is 2. The largest absolute Gasteiger partial charge is 0.357 e. The van der Waals surface area contributed by atoms with Gasteiger partial charge in [-0.1, -0.05) is 20.3 Å². The van der Waals surface area contributed by atoms with E-state index in [1.807, 2.05) is 0 Å². The number of aliphatic imine (C=N–C) groups is 1. The number of nitrogens with one attached hydrogen (secondary N) is 2. The van der Waals surface area contributed by atoms with Gasteiger partial charge in [0.2, 0.25) is 5.91 Å². The molecule has 22 heavy (non-hydrogen) atoms. The predicted molar refractivity (Wildman–Crippen MR) is 104 cm³/mol. The maximum Gasteiger partial charge on any atom is 0.216 e. The van der Waals surface area contributed by atoms with E-state index in [0.29, 0.717) is 18.5 Å². The van der Waals surface area contributed by atoms with Gasteiger partial charge in [0.25, 0.3) is 0 Å². The number of hydrogen-bond donors (Lipinski definition) is 2. The van der Waals surface area contributed by atoms with Crippen molar-refractivity contribution in [3.05, 3.63) is 0 Å². The summed E-state index contributed by atoms with van der Waals surface area (Å²) < 4.78 is 0. The normalized spacial score (nSPS) is 22.0. The number of piperidine rings is 1. The molecule has 0 aromatic rings. The Kier molecular flexibility index (Phi) is 10.8. The third kappa shape index (κ3) is 7.65. The summed E-state index contributed by atoms with van der Waals surface area (Å²) in [5.74, 6) is 0.994. The van der Waals surface area contributed by atoms with Crippen molar-refractivity contribution in [3.8, 4) is 0 Å². The van der Waals surface area contributed by atoms with E-state index in [2.05, 4.69) is 41.3 Å². The number of carbonyl (C=O) groups is 1. The first-order valence-electron chi connectivity index (χ1n) is 8.28. The zero-order valence-corrected chi connectivity index (χ0v) is 16.9. The quantitative estimate of drug-likeness (QED) is 0.298. The van der Waals surface area contributed by atoms with Crippen molar-refractivity contribution < 1.29 is 4.79 Å². The highest BCUT2D eigenvalue weighted by molar-refractivity contribution is 14.0. The van der Waals surface area contributed by atoms with Crippen LogP contribution in [0.15, 0.2) is 4.99 Å². The van der Waals surface area contributed by atoms with Gasteiger partial charge in [-0.15, -0.1) is 24.0 Å². The molecular formula is C16H33IN4O. The second kappa shape index (κ2) is 11.1. The summed E-state index contributed by atoms with van der Waals surface area (Å²) in [6, 6.07) is 0. The van der Waals surface area contributed by atoms with Crippen LogP contribution < -0.4 is 10.6 Å². The summed E-state index contributed by atoms with van der Waals surface area (Å²) in [5, 5.41) is 6.17. The first-order chi connectivity index (χ1) is 10.0. The number of nitrogens with zero attached hydrogens (tertiary/aromatic N) is 2. The molecule has 0 aromatic carbocycles. The Hall–Kier alpha value is -0.530. The summed E-state index contributed by atoms with van der Waals surface area (Å²) in [7, 11) is 0. The molecule has 0 aliphatic carbocycles. The van der Waals surface area contributed by atoms with Gasteiger partial charge in [-0.25, -0.2) is 0 Å². The van der Waals surface area contributed by atoms with E-state index in [4.69, 9.17) is 0 Å². The average Bonchev–Trinajstić information content (AvgIpc) is 2.42. The van der Waals surface area contributed by atoms with Crippen LogP contribution in [0.2, 0.25) is 0 Å². The molecule has 1 saturated heterocycles. The molecule has 1 aliphatic heterocycles. The van der Waals surface area contributed by atoms with Crippen molar-refractivity contribution in [3.63, 3.8) is 0 Å². The molecule has 0 spiro atoms. The minimum Gasteiger partial charge on any atom is -0.357 e. The number of amides is 1. The molecule has 2 N–H and O–H groups in total. The van der Waals surface area contributed by atoms with Gasteiger partial charge in [-0.05, 0) is 31.6 Å². The molecule has 0 saturated carbocycles. The molecule has 1 fully saturated rings. The molecule has 6 heteroatoms. The van der Waals surface area contributed by atoms with Crippen LogP contribution in [0.4, 0.5) is 0 Å². The predicted octanol–water partition coefficient (Wildman–Crippen LogP) is 2.61. The van der Waals surface area contributed by atoms with Crippen LogP contribution in [-0.4, -0.2) is 49.5 Å². The fourth-order valence-corrected chi connectivity index (χ4v) is 3.12. The number of likely N-dealkylation sites (tertiary alicyclic amines) is 1. The zero-order chi connectivity index (χ0) is 15.7. The molecule has 1 unspecified atom stereocenters.